The van der Waals surface area contributed by atoms with Crippen molar-refractivity contribution in [3.63, 3.8) is 0 Å². The monoisotopic (exact) mass is 380 g/mol. The van der Waals surface area contributed by atoms with Gasteiger partial charge in [-0.2, -0.15) is 0 Å². The van der Waals surface area contributed by atoms with Crippen molar-refractivity contribution >= 4 is 23.2 Å². The highest BCUT2D eigenvalue weighted by Gasteiger charge is 2.28. The maximum atomic E-state index is 12.4. The topological polar surface area (TPSA) is 87.7 Å². The number of fused-ring (bicyclic) bond motifs is 1. The maximum Gasteiger partial charge on any atom is 0.227 e. The Morgan fingerprint density at radius 3 is 2.71 bits per heavy atom. The summed E-state index contributed by atoms with van der Waals surface area (Å²) in [4.78, 5) is 24.7. The smallest absolute Gasteiger partial charge is 0.227 e. The zero-order valence-electron chi connectivity index (χ0n) is 15.8. The van der Waals surface area contributed by atoms with Gasteiger partial charge in [0.1, 0.15) is 0 Å². The molecule has 28 heavy (non-hydrogen) atoms. The first-order valence-electron chi connectivity index (χ1n) is 9.66. The van der Waals surface area contributed by atoms with Gasteiger partial charge in [-0.1, -0.05) is 25.0 Å². The molecule has 4 rings (SSSR count). The molecule has 2 aromatic rings. The fourth-order valence-electron chi connectivity index (χ4n) is 4.18. The Morgan fingerprint density at radius 2 is 1.96 bits per heavy atom. The van der Waals surface area contributed by atoms with E-state index in [1.807, 2.05) is 18.2 Å². The van der Waals surface area contributed by atoms with Gasteiger partial charge in [-0.05, 0) is 48.2 Å². The summed E-state index contributed by atoms with van der Waals surface area (Å²) in [7, 11) is 1.50. The van der Waals surface area contributed by atoms with Gasteiger partial charge in [0, 0.05) is 29.6 Å². The summed E-state index contributed by atoms with van der Waals surface area (Å²) < 4.78 is 5.20. The van der Waals surface area contributed by atoms with E-state index in [1.54, 1.807) is 18.2 Å². The summed E-state index contributed by atoms with van der Waals surface area (Å²) in [5.41, 5.74) is 3.28. The van der Waals surface area contributed by atoms with Gasteiger partial charge in [-0.15, -0.1) is 0 Å². The van der Waals surface area contributed by atoms with Crippen LogP contribution in [0.25, 0.3) is 0 Å². The number of carbonyl (C=O) groups excluding carboxylic acids is 2. The maximum absolute atomic E-state index is 12.4. The van der Waals surface area contributed by atoms with Crippen molar-refractivity contribution in [1.29, 1.82) is 0 Å². The minimum atomic E-state index is -0.141. The van der Waals surface area contributed by atoms with Gasteiger partial charge in [0.2, 0.25) is 11.8 Å². The number of aromatic hydroxyl groups is 1. The van der Waals surface area contributed by atoms with Gasteiger partial charge in [0.05, 0.1) is 7.11 Å². The largest absolute Gasteiger partial charge is 0.504 e. The molecular formula is C22H24N2O4. The van der Waals surface area contributed by atoms with Crippen LogP contribution in [0.1, 0.15) is 49.1 Å². The van der Waals surface area contributed by atoms with Crippen LogP contribution in [0, 0.1) is 5.92 Å². The molecule has 0 radical (unpaired) electrons. The molecule has 146 valence electrons. The fourth-order valence-corrected chi connectivity index (χ4v) is 4.18. The predicted octanol–water partition coefficient (Wildman–Crippen LogP) is 4.00. The molecule has 6 heteroatoms. The summed E-state index contributed by atoms with van der Waals surface area (Å²) >= 11 is 0. The Balaban J connectivity index is 1.62. The summed E-state index contributed by atoms with van der Waals surface area (Å²) in [6.45, 7) is 0. The Bertz CT molecular complexity index is 919. The van der Waals surface area contributed by atoms with Crippen LogP contribution in [0.5, 0.6) is 11.5 Å². The second-order valence-corrected chi connectivity index (χ2v) is 7.51. The number of methoxy groups -OCH3 is 1. The van der Waals surface area contributed by atoms with Crippen molar-refractivity contribution in [2.75, 3.05) is 17.7 Å². The van der Waals surface area contributed by atoms with Crippen LogP contribution in [0.15, 0.2) is 36.4 Å². The molecule has 1 heterocycles. The molecule has 1 unspecified atom stereocenters. The normalized spacial score (nSPS) is 19.0. The molecule has 1 fully saturated rings. The quantitative estimate of drug-likeness (QED) is 0.748. The molecule has 1 atom stereocenters. The second-order valence-electron chi connectivity index (χ2n) is 7.51. The van der Waals surface area contributed by atoms with E-state index in [4.69, 9.17) is 4.74 Å². The van der Waals surface area contributed by atoms with E-state index >= 15 is 0 Å². The van der Waals surface area contributed by atoms with Gasteiger partial charge in [0.15, 0.2) is 11.5 Å². The summed E-state index contributed by atoms with van der Waals surface area (Å²) in [5.74, 6) is 0.367. The molecule has 2 aliphatic rings. The Hall–Kier alpha value is -3.02. The third-order valence-corrected chi connectivity index (χ3v) is 5.69. The van der Waals surface area contributed by atoms with Crippen molar-refractivity contribution < 1.29 is 19.4 Å². The van der Waals surface area contributed by atoms with Crippen molar-refractivity contribution in [2.45, 2.75) is 38.0 Å². The van der Waals surface area contributed by atoms with Crippen LogP contribution >= 0.6 is 0 Å². The van der Waals surface area contributed by atoms with Crippen LogP contribution in [0.4, 0.5) is 11.4 Å². The first-order chi connectivity index (χ1) is 13.5. The first kappa shape index (κ1) is 18.3. The van der Waals surface area contributed by atoms with E-state index in [1.165, 1.54) is 7.11 Å². The molecule has 1 aliphatic heterocycles. The number of phenolic OH excluding ortho intramolecular Hbond substituents is 1. The van der Waals surface area contributed by atoms with E-state index in [-0.39, 0.29) is 29.4 Å². The third-order valence-electron chi connectivity index (χ3n) is 5.69. The van der Waals surface area contributed by atoms with Gasteiger partial charge < -0.3 is 20.5 Å². The molecule has 0 aromatic heterocycles. The Kier molecular flexibility index (Phi) is 4.94. The van der Waals surface area contributed by atoms with Gasteiger partial charge in [-0.3, -0.25) is 9.59 Å². The lowest BCUT2D eigenvalue weighted by Crippen LogP contribution is -2.24. The van der Waals surface area contributed by atoms with E-state index in [0.717, 1.165) is 36.8 Å². The van der Waals surface area contributed by atoms with E-state index in [2.05, 4.69) is 10.6 Å². The zero-order valence-corrected chi connectivity index (χ0v) is 15.8. The standard InChI is InChI=1S/C22H24N2O4/c1-28-20-10-14(6-9-19(20)25)17-12-21(26)24-18-11-15(7-8-16(17)18)23-22(27)13-4-2-3-5-13/h6-11,13,17,25H,2-5,12H2,1H3,(H,23,27)(H,24,26). The number of nitrogens with one attached hydrogen (secondary N) is 2. The summed E-state index contributed by atoms with van der Waals surface area (Å²) in [5, 5.41) is 15.7. The number of hydrogen-bond donors (Lipinski definition) is 3. The van der Waals surface area contributed by atoms with Crippen molar-refractivity contribution in [1.82, 2.24) is 0 Å². The number of rotatable bonds is 4. The minimum Gasteiger partial charge on any atom is -0.504 e. The number of amides is 2. The van der Waals surface area contributed by atoms with Crippen LogP contribution in [0.2, 0.25) is 0 Å². The van der Waals surface area contributed by atoms with Crippen LogP contribution in [-0.4, -0.2) is 24.0 Å². The minimum absolute atomic E-state index is 0.0550. The number of phenols is 1. The molecule has 2 amide bonds. The second kappa shape index (κ2) is 7.54. The molecular weight excluding hydrogens is 356 g/mol. The highest BCUT2D eigenvalue weighted by atomic mass is 16.5. The molecule has 6 nitrogen and oxygen atoms in total. The highest BCUT2D eigenvalue weighted by molar-refractivity contribution is 5.98. The molecule has 3 N–H and O–H groups in total. The lowest BCUT2D eigenvalue weighted by molar-refractivity contribution is -0.119. The molecule has 0 bridgehead atoms. The lowest BCUT2D eigenvalue weighted by Gasteiger charge is -2.27. The highest BCUT2D eigenvalue weighted by Crippen LogP contribution is 2.41. The fraction of sp³-hybridized carbons (Fsp3) is 0.364. The summed E-state index contributed by atoms with van der Waals surface area (Å²) in [6.07, 6.45) is 4.41. The third kappa shape index (κ3) is 3.54. The van der Waals surface area contributed by atoms with Crippen LogP contribution in [0.3, 0.4) is 0 Å². The van der Waals surface area contributed by atoms with Crippen molar-refractivity contribution in [2.24, 2.45) is 5.92 Å². The SMILES string of the molecule is COc1cc(C2CC(=O)Nc3cc(NC(=O)C4CCCC4)ccc32)ccc1O. The molecule has 1 saturated carbocycles. The zero-order chi connectivity index (χ0) is 19.7. The predicted molar refractivity (Wildman–Crippen MR) is 107 cm³/mol. The summed E-state index contributed by atoms with van der Waals surface area (Å²) in [6, 6.07) is 10.8. The first-order valence-corrected chi connectivity index (χ1v) is 9.66. The number of carbonyl (C=O) groups is 2. The van der Waals surface area contributed by atoms with Gasteiger partial charge in [-0.25, -0.2) is 0 Å². The van der Waals surface area contributed by atoms with Crippen LogP contribution in [-0.2, 0) is 9.59 Å². The Morgan fingerprint density at radius 1 is 1.18 bits per heavy atom. The van der Waals surface area contributed by atoms with E-state index in [0.29, 0.717) is 23.5 Å². The van der Waals surface area contributed by atoms with Crippen molar-refractivity contribution in [3.8, 4) is 11.5 Å². The Labute approximate surface area is 163 Å². The molecule has 1 aliphatic carbocycles. The van der Waals surface area contributed by atoms with E-state index in [9.17, 15) is 14.7 Å². The van der Waals surface area contributed by atoms with Gasteiger partial charge >= 0.3 is 0 Å². The molecule has 2 aromatic carbocycles. The lowest BCUT2D eigenvalue weighted by atomic mass is 9.84. The van der Waals surface area contributed by atoms with E-state index < -0.39 is 0 Å². The average Bonchev–Trinajstić information content (AvgIpc) is 3.22. The molecule has 0 saturated heterocycles. The number of benzene rings is 2. The van der Waals surface area contributed by atoms with Crippen LogP contribution < -0.4 is 15.4 Å². The number of anilines is 2. The number of hydrogen-bond acceptors (Lipinski definition) is 4. The number of ether oxygens (including phenoxy) is 1. The van der Waals surface area contributed by atoms with Gasteiger partial charge in [0.25, 0.3) is 0 Å². The molecule has 0 spiro atoms. The van der Waals surface area contributed by atoms with Crippen molar-refractivity contribution in [3.05, 3.63) is 47.5 Å². The average molecular weight is 380 g/mol.